The maximum absolute atomic E-state index is 13.1. The average molecular weight is 490 g/mol. The maximum Gasteiger partial charge on any atom is 0.343 e. The van der Waals surface area contributed by atoms with Crippen LogP contribution in [-0.2, 0) is 0 Å². The normalized spacial score (nSPS) is 11.4. The van der Waals surface area contributed by atoms with Gasteiger partial charge in [0.25, 0.3) is 5.56 Å². The van der Waals surface area contributed by atoms with Gasteiger partial charge in [-0.1, -0.05) is 60.1 Å². The van der Waals surface area contributed by atoms with Crippen LogP contribution in [-0.4, -0.2) is 21.8 Å². The zero-order valence-corrected chi connectivity index (χ0v) is 19.1. The van der Waals surface area contributed by atoms with Crippen molar-refractivity contribution in [3.63, 3.8) is 0 Å². The van der Waals surface area contributed by atoms with E-state index in [1.165, 1.54) is 10.9 Å². The van der Waals surface area contributed by atoms with Crippen molar-refractivity contribution >= 4 is 39.0 Å². The van der Waals surface area contributed by atoms with Gasteiger partial charge in [0.15, 0.2) is 0 Å². The second-order valence-corrected chi connectivity index (χ2v) is 8.36. The molecule has 0 amide bonds. The summed E-state index contributed by atoms with van der Waals surface area (Å²) in [6.45, 7) is 3.91. The first-order valence-corrected chi connectivity index (χ1v) is 10.9. The molecule has 0 aliphatic rings. The molecular formula is C25H20BrN3O3. The van der Waals surface area contributed by atoms with Crippen molar-refractivity contribution in [3.8, 4) is 5.75 Å². The Morgan fingerprint density at radius 1 is 1.06 bits per heavy atom. The van der Waals surface area contributed by atoms with Gasteiger partial charge in [0, 0.05) is 16.0 Å². The van der Waals surface area contributed by atoms with Gasteiger partial charge in [-0.15, -0.1) is 0 Å². The standard InChI is InChI=1S/C25H20BrN3O3/c1-16(2)23-28-21-11-7-6-10-20(21)24(30)29(23)27-15-18-14-19(26)12-13-22(18)32-25(31)17-8-4-3-5-9-17/h3-16H,1-2H3/b27-15+. The molecule has 0 fully saturated rings. The molecule has 0 saturated carbocycles. The number of hydrogen-bond acceptors (Lipinski definition) is 5. The van der Waals surface area contributed by atoms with Gasteiger partial charge in [-0.3, -0.25) is 4.79 Å². The Balaban J connectivity index is 1.76. The molecule has 0 bridgehead atoms. The summed E-state index contributed by atoms with van der Waals surface area (Å²) in [5.74, 6) is 0.374. The molecule has 6 nitrogen and oxygen atoms in total. The van der Waals surface area contributed by atoms with Crippen molar-refractivity contribution in [2.24, 2.45) is 5.10 Å². The Hall–Kier alpha value is -3.58. The number of esters is 1. The second-order valence-electron chi connectivity index (χ2n) is 7.44. The van der Waals surface area contributed by atoms with E-state index in [0.29, 0.717) is 33.6 Å². The van der Waals surface area contributed by atoms with Crippen molar-refractivity contribution in [1.82, 2.24) is 9.66 Å². The van der Waals surface area contributed by atoms with Gasteiger partial charge < -0.3 is 4.74 Å². The first kappa shape index (κ1) is 21.6. The van der Waals surface area contributed by atoms with Crippen LogP contribution in [0.25, 0.3) is 10.9 Å². The Labute approximate surface area is 193 Å². The van der Waals surface area contributed by atoms with Crippen LogP contribution in [0.1, 0.15) is 41.5 Å². The van der Waals surface area contributed by atoms with E-state index in [1.807, 2.05) is 32.0 Å². The highest BCUT2D eigenvalue weighted by molar-refractivity contribution is 9.10. The molecule has 0 atom stereocenters. The first-order chi connectivity index (χ1) is 15.4. The van der Waals surface area contributed by atoms with Crippen LogP contribution in [0.2, 0.25) is 0 Å². The number of carbonyl (C=O) groups excluding carboxylic acids is 1. The van der Waals surface area contributed by atoms with Crippen LogP contribution in [0.4, 0.5) is 0 Å². The number of nitrogens with zero attached hydrogens (tertiary/aromatic N) is 3. The summed E-state index contributed by atoms with van der Waals surface area (Å²) in [7, 11) is 0. The maximum atomic E-state index is 13.1. The predicted octanol–water partition coefficient (Wildman–Crippen LogP) is 5.38. The topological polar surface area (TPSA) is 73.6 Å². The summed E-state index contributed by atoms with van der Waals surface area (Å²) >= 11 is 3.44. The van der Waals surface area contributed by atoms with Gasteiger partial charge in [0.05, 0.1) is 22.7 Å². The van der Waals surface area contributed by atoms with Crippen LogP contribution in [0, 0.1) is 0 Å². The fourth-order valence-electron chi connectivity index (χ4n) is 3.19. The number of fused-ring (bicyclic) bond motifs is 1. The molecule has 0 radical (unpaired) electrons. The molecule has 1 heterocycles. The molecule has 160 valence electrons. The number of aromatic nitrogens is 2. The summed E-state index contributed by atoms with van der Waals surface area (Å²) in [5.41, 5.74) is 1.36. The highest BCUT2D eigenvalue weighted by Crippen LogP contribution is 2.23. The third-order valence-corrected chi connectivity index (χ3v) is 5.28. The number of carbonyl (C=O) groups is 1. The molecule has 0 aliphatic heterocycles. The molecule has 4 aromatic rings. The van der Waals surface area contributed by atoms with Crippen LogP contribution in [0.3, 0.4) is 0 Å². The minimum atomic E-state index is -0.477. The lowest BCUT2D eigenvalue weighted by Crippen LogP contribution is -2.23. The average Bonchev–Trinajstić information content (AvgIpc) is 2.80. The van der Waals surface area contributed by atoms with E-state index in [0.717, 1.165) is 4.47 Å². The smallest absolute Gasteiger partial charge is 0.343 e. The van der Waals surface area contributed by atoms with Crippen LogP contribution in [0.5, 0.6) is 5.75 Å². The molecule has 0 unspecified atom stereocenters. The van der Waals surface area contributed by atoms with Crippen molar-refractivity contribution in [3.05, 3.63) is 105 Å². The van der Waals surface area contributed by atoms with Gasteiger partial charge in [-0.05, 0) is 42.5 Å². The molecule has 0 N–H and O–H groups in total. The van der Waals surface area contributed by atoms with Crippen LogP contribution >= 0.6 is 15.9 Å². The minimum absolute atomic E-state index is 0.0256. The number of para-hydroxylation sites is 1. The fraction of sp³-hybridized carbons (Fsp3) is 0.120. The summed E-state index contributed by atoms with van der Waals surface area (Å²) in [6, 6.07) is 21.1. The summed E-state index contributed by atoms with van der Waals surface area (Å²) in [6.07, 6.45) is 1.50. The Morgan fingerprint density at radius 2 is 1.78 bits per heavy atom. The van der Waals surface area contributed by atoms with Gasteiger partial charge in [-0.2, -0.15) is 9.78 Å². The number of ether oxygens (including phenoxy) is 1. The van der Waals surface area contributed by atoms with Gasteiger partial charge in [-0.25, -0.2) is 9.78 Å². The van der Waals surface area contributed by atoms with Crippen LogP contribution in [0.15, 0.2) is 87.2 Å². The van der Waals surface area contributed by atoms with E-state index < -0.39 is 5.97 Å². The number of halogens is 1. The SMILES string of the molecule is CC(C)c1nc2ccccc2c(=O)n1/N=C/c1cc(Br)ccc1OC(=O)c1ccccc1. The molecule has 3 aromatic carbocycles. The lowest BCUT2D eigenvalue weighted by molar-refractivity contribution is 0.0734. The van der Waals surface area contributed by atoms with E-state index in [-0.39, 0.29) is 11.5 Å². The van der Waals surface area contributed by atoms with E-state index in [1.54, 1.807) is 54.6 Å². The molecule has 7 heteroatoms. The molecule has 1 aromatic heterocycles. The summed E-state index contributed by atoms with van der Waals surface area (Å²) < 4.78 is 7.69. The zero-order chi connectivity index (χ0) is 22.7. The molecule has 0 saturated heterocycles. The van der Waals surface area contributed by atoms with E-state index >= 15 is 0 Å². The quantitative estimate of drug-likeness (QED) is 0.214. The third kappa shape index (κ3) is 4.53. The highest BCUT2D eigenvalue weighted by atomic mass is 79.9. The fourth-order valence-corrected chi connectivity index (χ4v) is 3.57. The van der Waals surface area contributed by atoms with Crippen molar-refractivity contribution in [1.29, 1.82) is 0 Å². The minimum Gasteiger partial charge on any atom is -0.422 e. The molecule has 32 heavy (non-hydrogen) atoms. The Kier molecular flexibility index (Phi) is 6.28. The predicted molar refractivity (Wildman–Crippen MR) is 129 cm³/mol. The number of hydrogen-bond donors (Lipinski definition) is 0. The van der Waals surface area contributed by atoms with Crippen molar-refractivity contribution in [2.75, 3.05) is 0 Å². The largest absolute Gasteiger partial charge is 0.422 e. The monoisotopic (exact) mass is 489 g/mol. The molecule has 0 aliphatic carbocycles. The molecule has 4 rings (SSSR count). The first-order valence-electron chi connectivity index (χ1n) is 10.1. The zero-order valence-electron chi connectivity index (χ0n) is 17.5. The summed E-state index contributed by atoms with van der Waals surface area (Å²) in [5, 5.41) is 4.92. The summed E-state index contributed by atoms with van der Waals surface area (Å²) in [4.78, 5) is 30.3. The second kappa shape index (κ2) is 9.28. The number of benzene rings is 3. The van der Waals surface area contributed by atoms with Gasteiger partial charge >= 0.3 is 5.97 Å². The lowest BCUT2D eigenvalue weighted by atomic mass is 10.2. The lowest BCUT2D eigenvalue weighted by Gasteiger charge is -2.12. The van der Waals surface area contributed by atoms with Crippen LogP contribution < -0.4 is 10.3 Å². The Morgan fingerprint density at radius 3 is 2.53 bits per heavy atom. The van der Waals surface area contributed by atoms with E-state index in [2.05, 4.69) is 26.0 Å². The van der Waals surface area contributed by atoms with Gasteiger partial charge in [0.2, 0.25) is 0 Å². The van der Waals surface area contributed by atoms with E-state index in [9.17, 15) is 9.59 Å². The molecular weight excluding hydrogens is 470 g/mol. The Bertz CT molecular complexity index is 1380. The molecule has 0 spiro atoms. The highest BCUT2D eigenvalue weighted by Gasteiger charge is 2.14. The van der Waals surface area contributed by atoms with E-state index in [4.69, 9.17) is 4.74 Å². The number of rotatable bonds is 5. The van der Waals surface area contributed by atoms with Crippen molar-refractivity contribution in [2.45, 2.75) is 19.8 Å². The van der Waals surface area contributed by atoms with Gasteiger partial charge in [0.1, 0.15) is 11.6 Å². The third-order valence-electron chi connectivity index (χ3n) is 4.79. The van der Waals surface area contributed by atoms with Crippen molar-refractivity contribution < 1.29 is 9.53 Å².